The van der Waals surface area contributed by atoms with Crippen molar-refractivity contribution in [1.29, 1.82) is 0 Å². The second-order valence-corrected chi connectivity index (χ2v) is 0.761. The fourth-order valence-electron chi connectivity index (χ4n) is 0.136. The number of rotatable bonds is 1. The van der Waals surface area contributed by atoms with E-state index in [1.165, 1.54) is 0 Å². The third kappa shape index (κ3) is 4.06. The Balaban J connectivity index is 2.92. The molecule has 0 fully saturated rings. The summed E-state index contributed by atoms with van der Waals surface area (Å²) in [5.74, 6) is 1.94. The van der Waals surface area contributed by atoms with Gasteiger partial charge in [-0.05, 0) is 0 Å². The van der Waals surface area contributed by atoms with Gasteiger partial charge in [0, 0.05) is 0 Å². The van der Waals surface area contributed by atoms with Crippen molar-refractivity contribution < 1.29 is 0 Å². The van der Waals surface area contributed by atoms with Crippen LogP contribution in [0.15, 0.2) is 0 Å². The van der Waals surface area contributed by atoms with E-state index in [0.717, 1.165) is 0 Å². The zero-order valence-corrected chi connectivity index (χ0v) is 3.44. The van der Waals surface area contributed by atoms with Crippen LogP contribution in [0.5, 0.6) is 0 Å². The van der Waals surface area contributed by atoms with E-state index in [9.17, 15) is 0 Å². The van der Waals surface area contributed by atoms with Gasteiger partial charge in [0.2, 0.25) is 0 Å². The van der Waals surface area contributed by atoms with Gasteiger partial charge in [-0.1, -0.05) is 0 Å². The molecule has 0 unspecified atom stereocenters. The van der Waals surface area contributed by atoms with Gasteiger partial charge in [-0.3, -0.25) is 0 Å². The molecule has 0 saturated carbocycles. The first-order chi connectivity index (χ1) is 2.41. The zero-order chi connectivity index (χ0) is 4.12. The molecule has 0 aromatic rings. The topological polar surface area (TPSA) is 0 Å². The number of hydrogen-bond donors (Lipinski definition) is 0. The van der Waals surface area contributed by atoms with Gasteiger partial charge in [-0.2, -0.15) is 0 Å². The van der Waals surface area contributed by atoms with Crippen LogP contribution in [0, 0.1) is 0 Å². The Labute approximate surface area is 34.7 Å². The van der Waals surface area contributed by atoms with Crippen LogP contribution in [-0.4, -0.2) is 26.8 Å². The molecule has 0 nitrogen and oxygen atoms in total. The summed E-state index contributed by atoms with van der Waals surface area (Å²) in [6, 6.07) is 0. The van der Waals surface area contributed by atoms with Crippen molar-refractivity contribution in [2.24, 2.45) is 0 Å². The molecule has 0 aliphatic carbocycles. The van der Waals surface area contributed by atoms with Crippen molar-refractivity contribution in [2.45, 2.75) is 6.92 Å². The Hall–Kier alpha value is 0.0648. The molecule has 0 heterocycles. The first-order valence-corrected chi connectivity index (χ1v) is 1.65. The molecule has 22 valence electrons. The fourth-order valence-corrected chi connectivity index (χ4v) is 0.136. The van der Waals surface area contributed by atoms with Gasteiger partial charge >= 0.3 is 33.8 Å². The van der Waals surface area contributed by atoms with Gasteiger partial charge in [0.1, 0.15) is 0 Å². The van der Waals surface area contributed by atoms with Crippen molar-refractivity contribution in [2.75, 3.05) is 0 Å². The molecule has 0 radical (unpaired) electrons. The predicted octanol–water partition coefficient (Wildman–Crippen LogP) is -1.05. The monoisotopic (exact) mass is 62.1 g/mol. The Morgan fingerprint density at radius 2 is 2.40 bits per heavy atom. The molecule has 0 aromatic carbocycles. The van der Waals surface area contributed by atoms with E-state index in [1.807, 2.05) is 19.7 Å². The molecule has 0 spiro atoms. The summed E-state index contributed by atoms with van der Waals surface area (Å²) in [5.41, 5.74) is 0. The minimum absolute atomic E-state index is 1.75. The Kier molecular flexibility index (Phi) is 4.12. The van der Waals surface area contributed by atoms with Crippen LogP contribution >= 0.6 is 0 Å². The van der Waals surface area contributed by atoms with Crippen molar-refractivity contribution in [1.82, 2.24) is 0 Å². The van der Waals surface area contributed by atoms with Crippen LogP contribution in [0.3, 0.4) is 0 Å². The Bertz CT molecular complexity index is 46.9. The summed E-state index contributed by atoms with van der Waals surface area (Å²) in [4.78, 5) is 0. The quantitative estimate of drug-likeness (QED) is 0.339. The van der Waals surface area contributed by atoms with Gasteiger partial charge in [-0.15, -0.1) is 0 Å². The van der Waals surface area contributed by atoms with E-state index in [-0.39, 0.29) is 0 Å². The molecule has 0 saturated heterocycles. The zero-order valence-electron chi connectivity index (χ0n) is 3.44. The van der Waals surface area contributed by atoms with E-state index in [1.54, 1.807) is 6.69 Å². The average Bonchev–Trinajstić information content (AvgIpc) is 1.41. The Morgan fingerprint density at radius 1 is 1.80 bits per heavy atom. The van der Waals surface area contributed by atoms with Gasteiger partial charge in [0.15, 0.2) is 0 Å². The van der Waals surface area contributed by atoms with Crippen molar-refractivity contribution >= 4 is 26.8 Å². The molecule has 0 amide bonds. The van der Waals surface area contributed by atoms with Crippen LogP contribution in [0.1, 0.15) is 6.92 Å². The third-order valence-electron chi connectivity index (χ3n) is 0.329. The first kappa shape index (κ1) is 5.06. The SMILES string of the molecule is B=BB=CC. The minimum atomic E-state index is 1.75. The number of hydrogen-bond acceptors (Lipinski definition) is 0. The van der Waals surface area contributed by atoms with E-state index in [2.05, 4.69) is 7.37 Å². The van der Waals surface area contributed by atoms with Crippen LogP contribution in [0.2, 0.25) is 0 Å². The van der Waals surface area contributed by atoms with E-state index < -0.39 is 0 Å². The molecular formula is C2H5B3. The summed E-state index contributed by atoms with van der Waals surface area (Å²) in [6.45, 7) is 5.60. The summed E-state index contributed by atoms with van der Waals surface area (Å²) < 4.78 is 0. The summed E-state index contributed by atoms with van der Waals surface area (Å²) in [6.07, 6.45) is 0. The Morgan fingerprint density at radius 3 is 2.40 bits per heavy atom. The molecule has 0 aliphatic heterocycles. The van der Waals surface area contributed by atoms with Crippen molar-refractivity contribution in [3.8, 4) is 0 Å². The summed E-state index contributed by atoms with van der Waals surface area (Å²) >= 11 is 0. The van der Waals surface area contributed by atoms with E-state index >= 15 is 0 Å². The van der Waals surface area contributed by atoms with Crippen molar-refractivity contribution in [3.63, 3.8) is 0 Å². The second-order valence-electron chi connectivity index (χ2n) is 0.761. The van der Waals surface area contributed by atoms with Gasteiger partial charge in [0.05, 0.1) is 0 Å². The van der Waals surface area contributed by atoms with Crippen LogP contribution in [0.25, 0.3) is 0 Å². The molecule has 5 heavy (non-hydrogen) atoms. The average molecular weight is 61.5 g/mol. The van der Waals surface area contributed by atoms with Gasteiger partial charge in [0.25, 0.3) is 0 Å². The third-order valence-corrected chi connectivity index (χ3v) is 0.329. The van der Waals surface area contributed by atoms with Crippen LogP contribution in [-0.2, 0) is 0 Å². The molecule has 0 atom stereocenters. The van der Waals surface area contributed by atoms with Gasteiger partial charge in [-0.25, -0.2) is 0 Å². The maximum absolute atomic E-state index is 3.46. The molecule has 3 heteroatoms. The molecule has 0 N–H and O–H groups in total. The van der Waals surface area contributed by atoms with Gasteiger partial charge < -0.3 is 0 Å². The molecule has 0 aromatic heterocycles. The standard InChI is InChI=1S/C2H5B3/c1-2-4-5-3/h2-3H,1H3. The normalized spacial score (nSPS) is 6.40. The molecule has 0 bridgehead atoms. The molecular weight excluding hydrogens is 56.5 g/mol. The van der Waals surface area contributed by atoms with E-state index in [0.29, 0.717) is 0 Å². The molecule has 0 rings (SSSR count). The van der Waals surface area contributed by atoms with Crippen LogP contribution < -0.4 is 0 Å². The fraction of sp³-hybridized carbons (Fsp3) is 0.500. The predicted molar refractivity (Wildman–Crippen MR) is 30.4 cm³/mol. The summed E-state index contributed by atoms with van der Waals surface area (Å²) in [5, 5.41) is 0. The van der Waals surface area contributed by atoms with E-state index in [4.69, 9.17) is 0 Å². The first-order valence-electron chi connectivity index (χ1n) is 1.65. The second kappa shape index (κ2) is 4.06. The van der Waals surface area contributed by atoms with Crippen molar-refractivity contribution in [3.05, 3.63) is 0 Å². The maximum atomic E-state index is 3.46. The van der Waals surface area contributed by atoms with Crippen LogP contribution in [0.4, 0.5) is 0 Å². The molecule has 0 aliphatic rings. The summed E-state index contributed by atoms with van der Waals surface area (Å²) in [7, 11) is 3.46.